The first-order valence-electron chi connectivity index (χ1n) is 3.16. The summed E-state index contributed by atoms with van der Waals surface area (Å²) in [5.74, 6) is 0.106. The number of hydrogen-bond donors (Lipinski definition) is 1. The molecule has 0 spiro atoms. The van der Waals surface area contributed by atoms with Gasteiger partial charge in [-0.1, -0.05) is 0 Å². The molecule has 0 amide bonds. The second kappa shape index (κ2) is 2.78. The molecule has 2 aromatic rings. The zero-order valence-corrected chi connectivity index (χ0v) is 8.94. The molecule has 0 aliphatic carbocycles. The topological polar surface area (TPSA) is 33.4 Å². The van der Waals surface area contributed by atoms with Crippen LogP contribution in [-0.4, -0.2) is 5.11 Å². The lowest BCUT2D eigenvalue weighted by Crippen LogP contribution is -1.72. The van der Waals surface area contributed by atoms with Crippen molar-refractivity contribution in [1.82, 2.24) is 0 Å². The van der Waals surface area contributed by atoms with Crippen LogP contribution in [0.1, 0.15) is 0 Å². The van der Waals surface area contributed by atoms with Gasteiger partial charge < -0.3 is 9.52 Å². The molecule has 61 valence electrons. The van der Waals surface area contributed by atoms with E-state index in [4.69, 9.17) is 4.42 Å². The van der Waals surface area contributed by atoms with E-state index in [1.54, 1.807) is 12.1 Å². The normalized spacial score (nSPS) is 10.8. The van der Waals surface area contributed by atoms with Crippen molar-refractivity contribution in [3.63, 3.8) is 0 Å². The molecular weight excluding hydrogens is 288 g/mol. The van der Waals surface area contributed by atoms with E-state index in [1.165, 1.54) is 0 Å². The fraction of sp³-hybridized carbons (Fsp3) is 0. The Morgan fingerprint density at radius 2 is 2.08 bits per heavy atom. The van der Waals surface area contributed by atoms with Gasteiger partial charge in [-0.3, -0.25) is 0 Å². The number of rotatable bonds is 0. The van der Waals surface area contributed by atoms with Crippen molar-refractivity contribution in [3.8, 4) is 5.75 Å². The van der Waals surface area contributed by atoms with Crippen LogP contribution in [0.25, 0.3) is 11.0 Å². The summed E-state index contributed by atoms with van der Waals surface area (Å²) >= 11 is 6.54. The Balaban J connectivity index is 2.97. The number of phenols is 1. The fourth-order valence-corrected chi connectivity index (χ4v) is 2.23. The number of phenolic OH excluding ortho intramolecular Hbond substituents is 1. The van der Waals surface area contributed by atoms with Gasteiger partial charge >= 0.3 is 0 Å². The van der Waals surface area contributed by atoms with E-state index in [-0.39, 0.29) is 5.75 Å². The van der Waals surface area contributed by atoms with Crippen LogP contribution >= 0.6 is 31.9 Å². The molecule has 0 saturated heterocycles. The zero-order chi connectivity index (χ0) is 8.72. The molecule has 0 saturated carbocycles. The van der Waals surface area contributed by atoms with Gasteiger partial charge in [-0.25, -0.2) is 0 Å². The first-order valence-corrected chi connectivity index (χ1v) is 4.75. The van der Waals surface area contributed by atoms with Gasteiger partial charge in [-0.05, 0) is 44.0 Å². The highest BCUT2D eigenvalue weighted by Gasteiger charge is 2.10. The van der Waals surface area contributed by atoms with Gasteiger partial charge in [0.15, 0.2) is 17.6 Å². The first-order chi connectivity index (χ1) is 5.70. The Bertz CT molecular complexity index is 434. The number of fused-ring (bicyclic) bond motifs is 1. The summed E-state index contributed by atoms with van der Waals surface area (Å²) in [6.45, 7) is 0. The third-order valence-electron chi connectivity index (χ3n) is 1.56. The summed E-state index contributed by atoms with van der Waals surface area (Å²) in [4.78, 5) is 0. The first kappa shape index (κ1) is 8.13. The molecule has 2 rings (SSSR count). The Hall–Kier alpha value is -0.480. The van der Waals surface area contributed by atoms with E-state index in [1.807, 2.05) is 0 Å². The van der Waals surface area contributed by atoms with Crippen LogP contribution in [0, 0.1) is 6.26 Å². The van der Waals surface area contributed by atoms with Gasteiger partial charge in [-0.15, -0.1) is 0 Å². The van der Waals surface area contributed by atoms with E-state index in [9.17, 15) is 5.11 Å². The summed E-state index contributed by atoms with van der Waals surface area (Å²) in [6.07, 6.45) is 2.56. The maximum atomic E-state index is 9.49. The van der Waals surface area contributed by atoms with Gasteiger partial charge in [0.25, 0.3) is 0 Å². The minimum atomic E-state index is 0.106. The molecule has 1 radical (unpaired) electrons. The van der Waals surface area contributed by atoms with Crippen LogP contribution in [0.5, 0.6) is 5.75 Å². The van der Waals surface area contributed by atoms with Gasteiger partial charge in [0.05, 0.1) is 4.47 Å². The van der Waals surface area contributed by atoms with Gasteiger partial charge in [0, 0.05) is 9.86 Å². The van der Waals surface area contributed by atoms with Gasteiger partial charge in [-0.2, -0.15) is 0 Å². The quantitative estimate of drug-likeness (QED) is 0.806. The van der Waals surface area contributed by atoms with Gasteiger partial charge in [0.2, 0.25) is 0 Å². The lowest BCUT2D eigenvalue weighted by atomic mass is 10.2. The molecule has 0 aliphatic heterocycles. The van der Waals surface area contributed by atoms with Crippen molar-refractivity contribution in [2.24, 2.45) is 0 Å². The van der Waals surface area contributed by atoms with E-state index in [0.717, 1.165) is 9.86 Å². The predicted octanol–water partition coefficient (Wildman–Crippen LogP) is 3.46. The average molecular weight is 291 g/mol. The molecule has 4 heteroatoms. The summed E-state index contributed by atoms with van der Waals surface area (Å²) in [5, 5.41) is 10.3. The molecule has 12 heavy (non-hydrogen) atoms. The predicted molar refractivity (Wildman–Crippen MR) is 52.1 cm³/mol. The molecule has 0 bridgehead atoms. The molecule has 2 nitrogen and oxygen atoms in total. The molecular formula is C8H3Br2O2. The second-order valence-electron chi connectivity index (χ2n) is 2.30. The van der Waals surface area contributed by atoms with E-state index < -0.39 is 0 Å². The Morgan fingerprint density at radius 1 is 1.33 bits per heavy atom. The summed E-state index contributed by atoms with van der Waals surface area (Å²) in [6, 6.07) is 3.44. The minimum absolute atomic E-state index is 0.106. The van der Waals surface area contributed by atoms with Crippen LogP contribution in [0.2, 0.25) is 0 Å². The highest BCUT2D eigenvalue weighted by molar-refractivity contribution is 9.11. The van der Waals surface area contributed by atoms with Crippen molar-refractivity contribution in [3.05, 3.63) is 27.3 Å². The highest BCUT2D eigenvalue weighted by atomic mass is 79.9. The molecule has 1 aromatic heterocycles. The SMILES string of the molecule is Oc1c(Br)cc(Br)c2c[c]oc12. The number of benzene rings is 1. The van der Waals surface area contributed by atoms with Crippen molar-refractivity contribution < 1.29 is 9.52 Å². The Labute approximate surface area is 85.4 Å². The van der Waals surface area contributed by atoms with Crippen molar-refractivity contribution in [2.45, 2.75) is 0 Å². The molecule has 0 fully saturated rings. The smallest absolute Gasteiger partial charge is 0.178 e. The number of furan rings is 1. The standard InChI is InChI=1S/C8H3Br2O2/c9-5-3-6(10)7(11)8-4(5)1-2-12-8/h1,3,11H. The summed E-state index contributed by atoms with van der Waals surface area (Å²) in [5.41, 5.74) is 0.441. The molecule has 1 heterocycles. The van der Waals surface area contributed by atoms with Crippen LogP contribution in [-0.2, 0) is 0 Å². The highest BCUT2D eigenvalue weighted by Crippen LogP contribution is 2.37. The molecule has 0 aliphatic rings. The third-order valence-corrected chi connectivity index (χ3v) is 2.82. The second-order valence-corrected chi connectivity index (χ2v) is 4.00. The monoisotopic (exact) mass is 289 g/mol. The summed E-state index contributed by atoms with van der Waals surface area (Å²) in [7, 11) is 0. The fourth-order valence-electron chi connectivity index (χ4n) is 0.987. The molecule has 0 unspecified atom stereocenters. The number of aromatic hydroxyl groups is 1. The van der Waals surface area contributed by atoms with E-state index in [2.05, 4.69) is 38.1 Å². The minimum Gasteiger partial charge on any atom is -0.503 e. The van der Waals surface area contributed by atoms with Crippen LogP contribution in [0.4, 0.5) is 0 Å². The maximum absolute atomic E-state index is 9.49. The van der Waals surface area contributed by atoms with Crippen molar-refractivity contribution in [1.29, 1.82) is 0 Å². The van der Waals surface area contributed by atoms with Crippen LogP contribution in [0.3, 0.4) is 0 Å². The lowest BCUT2D eigenvalue weighted by Gasteiger charge is -1.98. The molecule has 0 atom stereocenters. The maximum Gasteiger partial charge on any atom is 0.178 e. The average Bonchev–Trinajstić information content (AvgIpc) is 2.48. The van der Waals surface area contributed by atoms with Crippen LogP contribution < -0.4 is 0 Å². The van der Waals surface area contributed by atoms with Crippen molar-refractivity contribution >= 4 is 42.8 Å². The van der Waals surface area contributed by atoms with Crippen molar-refractivity contribution in [2.75, 3.05) is 0 Å². The largest absolute Gasteiger partial charge is 0.503 e. The Morgan fingerprint density at radius 3 is 2.83 bits per heavy atom. The molecule has 1 aromatic carbocycles. The lowest BCUT2D eigenvalue weighted by molar-refractivity contribution is 0.461. The Kier molecular flexibility index (Phi) is 1.88. The van der Waals surface area contributed by atoms with Gasteiger partial charge in [0.1, 0.15) is 0 Å². The number of halogens is 2. The third kappa shape index (κ3) is 1.06. The van der Waals surface area contributed by atoms with Crippen LogP contribution in [0.15, 0.2) is 25.5 Å². The van der Waals surface area contributed by atoms with E-state index in [0.29, 0.717) is 10.1 Å². The molecule has 1 N–H and O–H groups in total. The zero-order valence-electron chi connectivity index (χ0n) is 5.77. The number of hydrogen-bond acceptors (Lipinski definition) is 2. The summed E-state index contributed by atoms with van der Waals surface area (Å²) < 4.78 is 6.45. The van der Waals surface area contributed by atoms with E-state index >= 15 is 0 Å².